The number of nitrogens with one attached hydrogen (secondary N) is 1. The predicted molar refractivity (Wildman–Crippen MR) is 107 cm³/mol. The minimum absolute atomic E-state index is 0.0507. The van der Waals surface area contributed by atoms with E-state index >= 15 is 0 Å². The maximum atomic E-state index is 13.4. The molecule has 0 radical (unpaired) electrons. The third-order valence-electron chi connectivity index (χ3n) is 4.59. The molecule has 1 aliphatic heterocycles. The minimum Gasteiger partial charge on any atom is -0.350 e. The van der Waals surface area contributed by atoms with Gasteiger partial charge in [0.15, 0.2) is 0 Å². The van der Waals surface area contributed by atoms with Gasteiger partial charge in [0.05, 0.1) is 11.3 Å². The maximum Gasteiger partial charge on any atom is 0.282 e. The number of nitrogens with zero attached hydrogens (tertiary/aromatic N) is 1. The molecular formula is C23H16F2N2O2. The summed E-state index contributed by atoms with van der Waals surface area (Å²) in [6.45, 7) is 1.86. The lowest BCUT2D eigenvalue weighted by Crippen LogP contribution is -2.32. The molecule has 4 rings (SSSR count). The third-order valence-corrected chi connectivity index (χ3v) is 4.59. The van der Waals surface area contributed by atoms with Crippen LogP contribution in [-0.2, 0) is 9.59 Å². The number of anilines is 2. The Morgan fingerprint density at radius 2 is 1.41 bits per heavy atom. The predicted octanol–water partition coefficient (Wildman–Crippen LogP) is 4.67. The van der Waals surface area contributed by atoms with E-state index in [1.165, 1.54) is 48.5 Å². The largest absolute Gasteiger partial charge is 0.350 e. The summed E-state index contributed by atoms with van der Waals surface area (Å²) >= 11 is 0. The van der Waals surface area contributed by atoms with Crippen molar-refractivity contribution in [3.63, 3.8) is 0 Å². The molecule has 0 atom stereocenters. The maximum absolute atomic E-state index is 13.4. The van der Waals surface area contributed by atoms with Crippen molar-refractivity contribution in [2.45, 2.75) is 6.92 Å². The highest BCUT2D eigenvalue weighted by atomic mass is 19.1. The number of imide groups is 1. The van der Waals surface area contributed by atoms with Crippen molar-refractivity contribution in [1.29, 1.82) is 0 Å². The van der Waals surface area contributed by atoms with Crippen LogP contribution in [0.4, 0.5) is 20.2 Å². The first-order valence-corrected chi connectivity index (χ1v) is 8.92. The molecule has 0 unspecified atom stereocenters. The molecule has 29 heavy (non-hydrogen) atoms. The Morgan fingerprint density at radius 1 is 0.793 bits per heavy atom. The molecule has 0 bridgehead atoms. The van der Waals surface area contributed by atoms with Gasteiger partial charge in [0.2, 0.25) is 0 Å². The highest BCUT2D eigenvalue weighted by Crippen LogP contribution is 2.34. The lowest BCUT2D eigenvalue weighted by atomic mass is 10.0. The van der Waals surface area contributed by atoms with Gasteiger partial charge in [-0.05, 0) is 66.6 Å². The first-order chi connectivity index (χ1) is 13.9. The van der Waals surface area contributed by atoms with Gasteiger partial charge < -0.3 is 5.32 Å². The van der Waals surface area contributed by atoms with Crippen molar-refractivity contribution in [2.75, 3.05) is 10.2 Å². The molecule has 144 valence electrons. The van der Waals surface area contributed by atoms with E-state index in [1.54, 1.807) is 18.2 Å². The average Bonchev–Trinajstić information content (AvgIpc) is 2.94. The topological polar surface area (TPSA) is 49.4 Å². The summed E-state index contributed by atoms with van der Waals surface area (Å²) in [5.41, 5.74) is 2.37. The Bertz CT molecular complexity index is 1140. The van der Waals surface area contributed by atoms with E-state index < -0.39 is 23.4 Å². The normalized spacial score (nSPS) is 14.0. The van der Waals surface area contributed by atoms with E-state index in [4.69, 9.17) is 0 Å². The first kappa shape index (κ1) is 18.6. The average molecular weight is 390 g/mol. The number of carbonyl (C=O) groups is 2. The number of aryl methyl sites for hydroxylation is 1. The second-order valence-corrected chi connectivity index (χ2v) is 6.67. The number of rotatable bonds is 4. The molecule has 2 amide bonds. The SMILES string of the molecule is Cc1cccc(N2C(=O)C(Nc3ccc(F)cc3)=C(c3ccc(F)cc3)C2=O)c1. The highest BCUT2D eigenvalue weighted by Gasteiger charge is 2.40. The molecule has 6 heteroatoms. The van der Waals surface area contributed by atoms with Crippen molar-refractivity contribution in [2.24, 2.45) is 0 Å². The van der Waals surface area contributed by atoms with Crippen molar-refractivity contribution < 1.29 is 18.4 Å². The number of benzene rings is 3. The van der Waals surface area contributed by atoms with Crippen molar-refractivity contribution in [3.05, 3.63) is 101 Å². The van der Waals surface area contributed by atoms with Gasteiger partial charge in [-0.2, -0.15) is 0 Å². The fourth-order valence-electron chi connectivity index (χ4n) is 3.21. The zero-order valence-corrected chi connectivity index (χ0v) is 15.4. The second kappa shape index (κ2) is 7.31. The van der Waals surface area contributed by atoms with Gasteiger partial charge in [-0.25, -0.2) is 13.7 Å². The Hall–Kier alpha value is -3.80. The van der Waals surface area contributed by atoms with Gasteiger partial charge in [0, 0.05) is 5.69 Å². The number of hydrogen-bond donors (Lipinski definition) is 1. The van der Waals surface area contributed by atoms with Gasteiger partial charge in [-0.3, -0.25) is 9.59 Å². The minimum atomic E-state index is -0.538. The van der Waals surface area contributed by atoms with Crippen LogP contribution >= 0.6 is 0 Å². The van der Waals surface area contributed by atoms with Crippen molar-refractivity contribution >= 4 is 28.8 Å². The van der Waals surface area contributed by atoms with Crippen molar-refractivity contribution in [3.8, 4) is 0 Å². The zero-order chi connectivity index (χ0) is 20.5. The molecule has 1 heterocycles. The van der Waals surface area contributed by atoms with Crippen LogP contribution < -0.4 is 10.2 Å². The fourth-order valence-corrected chi connectivity index (χ4v) is 3.21. The number of carbonyl (C=O) groups excluding carboxylic acids is 2. The van der Waals surface area contributed by atoms with Crippen LogP contribution in [0.5, 0.6) is 0 Å². The molecule has 4 nitrogen and oxygen atoms in total. The van der Waals surface area contributed by atoms with Gasteiger partial charge >= 0.3 is 0 Å². The van der Waals surface area contributed by atoms with E-state index in [0.717, 1.165) is 10.5 Å². The summed E-state index contributed by atoms with van der Waals surface area (Å²) in [6, 6.07) is 17.8. The van der Waals surface area contributed by atoms with Crippen molar-refractivity contribution in [1.82, 2.24) is 0 Å². The molecule has 0 saturated carbocycles. The Balaban J connectivity index is 1.82. The zero-order valence-electron chi connectivity index (χ0n) is 15.4. The van der Waals surface area contributed by atoms with Gasteiger partial charge in [0.1, 0.15) is 17.3 Å². The quantitative estimate of drug-likeness (QED) is 0.659. The summed E-state index contributed by atoms with van der Waals surface area (Å²) in [7, 11) is 0. The van der Waals surface area contributed by atoms with E-state index in [0.29, 0.717) is 16.9 Å². The van der Waals surface area contributed by atoms with Crippen LogP contribution in [0.1, 0.15) is 11.1 Å². The molecule has 0 spiro atoms. The Morgan fingerprint density at radius 3 is 2.03 bits per heavy atom. The summed E-state index contributed by atoms with van der Waals surface area (Å²) in [4.78, 5) is 27.5. The molecule has 0 aromatic heterocycles. The molecule has 1 N–H and O–H groups in total. The number of hydrogen-bond acceptors (Lipinski definition) is 3. The molecule has 3 aromatic rings. The summed E-state index contributed by atoms with van der Waals surface area (Å²) in [5, 5.41) is 2.93. The van der Waals surface area contributed by atoms with Gasteiger partial charge in [-0.1, -0.05) is 24.3 Å². The fraction of sp³-hybridized carbons (Fsp3) is 0.0435. The highest BCUT2D eigenvalue weighted by molar-refractivity contribution is 6.46. The molecular weight excluding hydrogens is 374 g/mol. The molecule has 1 aliphatic rings. The number of halogens is 2. The van der Waals surface area contributed by atoms with Crippen LogP contribution in [-0.4, -0.2) is 11.8 Å². The lowest BCUT2D eigenvalue weighted by Gasteiger charge is -2.16. The monoisotopic (exact) mass is 390 g/mol. The summed E-state index contributed by atoms with van der Waals surface area (Å²) < 4.78 is 26.6. The smallest absolute Gasteiger partial charge is 0.282 e. The molecule has 0 saturated heterocycles. The van der Waals surface area contributed by atoms with Crippen LogP contribution in [0.15, 0.2) is 78.5 Å². The van der Waals surface area contributed by atoms with E-state index in [-0.39, 0.29) is 11.3 Å². The van der Waals surface area contributed by atoms with Crippen LogP contribution in [0.2, 0.25) is 0 Å². The number of amides is 2. The third kappa shape index (κ3) is 3.52. The van der Waals surface area contributed by atoms with Gasteiger partial charge in [-0.15, -0.1) is 0 Å². The Kier molecular flexibility index (Phi) is 4.68. The van der Waals surface area contributed by atoms with Gasteiger partial charge in [0.25, 0.3) is 11.8 Å². The van der Waals surface area contributed by atoms with E-state index in [2.05, 4.69) is 5.32 Å². The second-order valence-electron chi connectivity index (χ2n) is 6.67. The van der Waals surface area contributed by atoms with E-state index in [9.17, 15) is 18.4 Å². The molecule has 0 aliphatic carbocycles. The summed E-state index contributed by atoms with van der Waals surface area (Å²) in [6.07, 6.45) is 0. The van der Waals surface area contributed by atoms with Crippen LogP contribution in [0.3, 0.4) is 0 Å². The van der Waals surface area contributed by atoms with Crippen LogP contribution in [0, 0.1) is 18.6 Å². The van der Waals surface area contributed by atoms with E-state index in [1.807, 2.05) is 13.0 Å². The van der Waals surface area contributed by atoms with Crippen LogP contribution in [0.25, 0.3) is 5.57 Å². The standard InChI is InChI=1S/C23H16F2N2O2/c1-14-3-2-4-19(13-14)27-22(28)20(15-5-7-16(24)8-6-15)21(23(27)29)26-18-11-9-17(25)10-12-18/h2-13,26H,1H3. The lowest BCUT2D eigenvalue weighted by molar-refractivity contribution is -0.120. The molecule has 3 aromatic carbocycles. The summed E-state index contributed by atoms with van der Waals surface area (Å²) in [5.74, 6) is -1.92. The first-order valence-electron chi connectivity index (χ1n) is 8.92. The molecule has 0 fully saturated rings. The Labute approximate surface area is 166 Å².